The average Bonchev–Trinajstić information content (AvgIpc) is 3.07. The molecule has 2 aromatic rings. The largest absolute Gasteiger partial charge is 0.454 e. The third-order valence-corrected chi connectivity index (χ3v) is 4.07. The molecule has 8 heteroatoms. The van der Waals surface area contributed by atoms with E-state index in [-0.39, 0.29) is 23.4 Å². The van der Waals surface area contributed by atoms with Crippen molar-refractivity contribution in [2.24, 2.45) is 0 Å². The van der Waals surface area contributed by atoms with Gasteiger partial charge in [0, 0.05) is 0 Å². The van der Waals surface area contributed by atoms with Gasteiger partial charge in [-0.25, -0.2) is 9.18 Å². The van der Waals surface area contributed by atoms with Gasteiger partial charge in [-0.1, -0.05) is 17.7 Å². The van der Waals surface area contributed by atoms with Crippen LogP contribution in [0.25, 0.3) is 0 Å². The predicted octanol–water partition coefficient (Wildman–Crippen LogP) is 3.24. The number of amides is 1. The SMILES string of the molecule is C[C@H](NC(=O)COC(=O)c1ccc(F)cc1Cl)c1ccc2c(c1)OCO2. The summed E-state index contributed by atoms with van der Waals surface area (Å²) in [6.07, 6.45) is 0. The van der Waals surface area contributed by atoms with Gasteiger partial charge in [0.15, 0.2) is 18.1 Å². The number of ether oxygens (including phenoxy) is 3. The Hall–Kier alpha value is -2.80. The second kappa shape index (κ2) is 7.61. The van der Waals surface area contributed by atoms with Crippen LogP contribution in [0.5, 0.6) is 11.5 Å². The van der Waals surface area contributed by atoms with Crippen LogP contribution in [0.3, 0.4) is 0 Å². The molecule has 1 aliphatic rings. The van der Waals surface area contributed by atoms with Crippen LogP contribution in [0, 0.1) is 5.82 Å². The molecule has 1 aliphatic heterocycles. The molecule has 3 rings (SSSR count). The predicted molar refractivity (Wildman–Crippen MR) is 90.8 cm³/mol. The molecule has 0 saturated heterocycles. The smallest absolute Gasteiger partial charge is 0.340 e. The lowest BCUT2D eigenvalue weighted by atomic mass is 10.1. The van der Waals surface area contributed by atoms with Crippen molar-refractivity contribution in [1.82, 2.24) is 5.32 Å². The van der Waals surface area contributed by atoms with E-state index >= 15 is 0 Å². The zero-order chi connectivity index (χ0) is 18.7. The highest BCUT2D eigenvalue weighted by molar-refractivity contribution is 6.33. The second-order valence-corrected chi connectivity index (χ2v) is 6.01. The molecule has 0 aliphatic carbocycles. The number of nitrogens with one attached hydrogen (secondary N) is 1. The van der Waals surface area contributed by atoms with E-state index in [1.54, 1.807) is 19.1 Å². The monoisotopic (exact) mass is 379 g/mol. The van der Waals surface area contributed by atoms with Crippen molar-refractivity contribution in [3.63, 3.8) is 0 Å². The minimum atomic E-state index is -0.805. The molecule has 1 atom stereocenters. The van der Waals surface area contributed by atoms with Crippen LogP contribution in [0.4, 0.5) is 4.39 Å². The minimum absolute atomic E-state index is 0.00955. The van der Waals surface area contributed by atoms with Gasteiger partial charge in [0.05, 0.1) is 16.6 Å². The Balaban J connectivity index is 1.54. The molecule has 1 heterocycles. The maximum Gasteiger partial charge on any atom is 0.340 e. The Bertz CT molecular complexity index is 857. The van der Waals surface area contributed by atoms with Crippen molar-refractivity contribution in [3.05, 3.63) is 58.4 Å². The van der Waals surface area contributed by atoms with Crippen LogP contribution in [-0.4, -0.2) is 25.3 Å². The normalized spacial score (nSPS) is 13.2. The topological polar surface area (TPSA) is 73.9 Å². The fourth-order valence-corrected chi connectivity index (χ4v) is 2.66. The third-order valence-electron chi connectivity index (χ3n) is 3.76. The highest BCUT2D eigenvalue weighted by Crippen LogP contribution is 2.34. The zero-order valence-electron chi connectivity index (χ0n) is 13.8. The van der Waals surface area contributed by atoms with Gasteiger partial charge in [0.1, 0.15) is 5.82 Å². The molecule has 0 saturated carbocycles. The Morgan fingerprint density at radius 3 is 2.77 bits per heavy atom. The van der Waals surface area contributed by atoms with Crippen molar-refractivity contribution < 1.29 is 28.2 Å². The number of rotatable bonds is 5. The molecule has 1 N–H and O–H groups in total. The summed E-state index contributed by atoms with van der Waals surface area (Å²) in [7, 11) is 0. The van der Waals surface area contributed by atoms with E-state index in [4.69, 9.17) is 25.8 Å². The first kappa shape index (κ1) is 18.0. The summed E-state index contributed by atoms with van der Waals surface area (Å²) in [4.78, 5) is 23.9. The molecule has 1 amide bonds. The lowest BCUT2D eigenvalue weighted by Crippen LogP contribution is -2.31. The van der Waals surface area contributed by atoms with Crippen molar-refractivity contribution in [2.45, 2.75) is 13.0 Å². The number of hydrogen-bond donors (Lipinski definition) is 1. The summed E-state index contributed by atoms with van der Waals surface area (Å²) < 4.78 is 28.4. The number of esters is 1. The van der Waals surface area contributed by atoms with Crippen LogP contribution in [-0.2, 0) is 9.53 Å². The van der Waals surface area contributed by atoms with Crippen molar-refractivity contribution in [1.29, 1.82) is 0 Å². The Kier molecular flexibility index (Phi) is 5.27. The van der Waals surface area contributed by atoms with Crippen LogP contribution in [0.1, 0.15) is 28.9 Å². The van der Waals surface area contributed by atoms with Gasteiger partial charge in [0.25, 0.3) is 5.91 Å². The fraction of sp³-hybridized carbons (Fsp3) is 0.222. The molecule has 0 aromatic heterocycles. The van der Waals surface area contributed by atoms with Gasteiger partial charge in [-0.3, -0.25) is 4.79 Å². The first-order valence-electron chi connectivity index (χ1n) is 7.75. The van der Waals surface area contributed by atoms with E-state index in [0.29, 0.717) is 11.5 Å². The quantitative estimate of drug-likeness (QED) is 0.807. The summed E-state index contributed by atoms with van der Waals surface area (Å²) in [5.74, 6) is -0.595. The number of carbonyl (C=O) groups is 2. The van der Waals surface area contributed by atoms with Gasteiger partial charge >= 0.3 is 5.97 Å². The lowest BCUT2D eigenvalue weighted by molar-refractivity contribution is -0.124. The Morgan fingerprint density at radius 2 is 2.00 bits per heavy atom. The van der Waals surface area contributed by atoms with E-state index < -0.39 is 24.3 Å². The van der Waals surface area contributed by atoms with E-state index in [0.717, 1.165) is 17.7 Å². The van der Waals surface area contributed by atoms with Crippen molar-refractivity contribution in [3.8, 4) is 11.5 Å². The minimum Gasteiger partial charge on any atom is -0.454 e. The molecular formula is C18H15ClFNO5. The molecular weight excluding hydrogens is 365 g/mol. The average molecular weight is 380 g/mol. The maximum atomic E-state index is 13.0. The Morgan fingerprint density at radius 1 is 1.23 bits per heavy atom. The first-order chi connectivity index (χ1) is 12.4. The molecule has 2 aromatic carbocycles. The zero-order valence-corrected chi connectivity index (χ0v) is 14.5. The van der Waals surface area contributed by atoms with Crippen LogP contribution < -0.4 is 14.8 Å². The van der Waals surface area contributed by atoms with Crippen molar-refractivity contribution in [2.75, 3.05) is 13.4 Å². The number of fused-ring (bicyclic) bond motifs is 1. The van der Waals surface area contributed by atoms with Gasteiger partial charge in [-0.15, -0.1) is 0 Å². The van der Waals surface area contributed by atoms with E-state index in [9.17, 15) is 14.0 Å². The summed E-state index contributed by atoms with van der Waals surface area (Å²) in [5.41, 5.74) is 0.806. The molecule has 26 heavy (non-hydrogen) atoms. The second-order valence-electron chi connectivity index (χ2n) is 5.60. The van der Waals surface area contributed by atoms with Gasteiger partial charge in [-0.05, 0) is 42.8 Å². The molecule has 0 bridgehead atoms. The molecule has 0 fully saturated rings. The molecule has 0 spiro atoms. The number of benzene rings is 2. The number of halogens is 2. The third kappa shape index (κ3) is 4.05. The Labute approximate surface area is 153 Å². The van der Waals surface area contributed by atoms with E-state index in [1.165, 1.54) is 6.07 Å². The molecule has 0 unspecified atom stereocenters. The van der Waals surface area contributed by atoms with Gasteiger partial charge in [0.2, 0.25) is 6.79 Å². The number of hydrogen-bond acceptors (Lipinski definition) is 5. The lowest BCUT2D eigenvalue weighted by Gasteiger charge is -2.15. The molecule has 6 nitrogen and oxygen atoms in total. The standard InChI is InChI=1S/C18H15ClFNO5/c1-10(11-2-5-15-16(6-11)26-9-25-15)21-17(22)8-24-18(23)13-4-3-12(20)7-14(13)19/h2-7,10H,8-9H2,1H3,(H,21,22)/t10-/m0/s1. The summed E-state index contributed by atoms with van der Waals surface area (Å²) in [5, 5.41) is 2.63. The number of carbonyl (C=O) groups excluding carboxylic acids is 2. The highest BCUT2D eigenvalue weighted by atomic mass is 35.5. The van der Waals surface area contributed by atoms with Crippen LogP contribution in [0.2, 0.25) is 5.02 Å². The molecule has 0 radical (unpaired) electrons. The van der Waals surface area contributed by atoms with E-state index in [2.05, 4.69) is 5.32 Å². The van der Waals surface area contributed by atoms with E-state index in [1.807, 2.05) is 6.07 Å². The van der Waals surface area contributed by atoms with Crippen molar-refractivity contribution >= 4 is 23.5 Å². The highest BCUT2D eigenvalue weighted by Gasteiger charge is 2.18. The molecule has 136 valence electrons. The summed E-state index contributed by atoms with van der Waals surface area (Å²) >= 11 is 5.79. The summed E-state index contributed by atoms with van der Waals surface area (Å²) in [6, 6.07) is 8.30. The first-order valence-corrected chi connectivity index (χ1v) is 8.13. The van der Waals surface area contributed by atoms with Crippen LogP contribution in [0.15, 0.2) is 36.4 Å². The maximum absolute atomic E-state index is 13.0. The van der Waals surface area contributed by atoms with Crippen LogP contribution >= 0.6 is 11.6 Å². The summed E-state index contributed by atoms with van der Waals surface area (Å²) in [6.45, 7) is 1.47. The van der Waals surface area contributed by atoms with Gasteiger partial charge < -0.3 is 19.5 Å². The fourth-order valence-electron chi connectivity index (χ4n) is 2.41. The van der Waals surface area contributed by atoms with Gasteiger partial charge in [-0.2, -0.15) is 0 Å².